The van der Waals surface area contributed by atoms with Crippen LogP contribution in [0.5, 0.6) is 0 Å². The summed E-state index contributed by atoms with van der Waals surface area (Å²) in [4.78, 5) is 16.1. The number of amides is 1. The third-order valence-corrected chi connectivity index (χ3v) is 3.05. The zero-order valence-corrected chi connectivity index (χ0v) is 12.8. The Bertz CT molecular complexity index is 611. The van der Waals surface area contributed by atoms with Gasteiger partial charge in [-0.2, -0.15) is 0 Å². The number of hydrogen-bond acceptors (Lipinski definition) is 3. The maximum absolute atomic E-state index is 12.0. The van der Waals surface area contributed by atoms with E-state index in [9.17, 15) is 4.79 Å². The highest BCUT2D eigenvalue weighted by atomic mass is 35.5. The molecule has 0 fully saturated rings. The maximum Gasteiger partial charge on any atom is 0.269 e. The molecular weight excluding hydrogens is 286 g/mol. The molecular formula is C16H18ClN3O. The fraction of sp³-hybridized carbons (Fsp3) is 0.250. The molecule has 1 aromatic heterocycles. The lowest BCUT2D eigenvalue weighted by Gasteiger charge is -2.09. The summed E-state index contributed by atoms with van der Waals surface area (Å²) in [6.07, 6.45) is 1.61. The van der Waals surface area contributed by atoms with E-state index in [0.29, 0.717) is 23.2 Å². The van der Waals surface area contributed by atoms with E-state index in [0.717, 1.165) is 11.4 Å². The fourth-order valence-electron chi connectivity index (χ4n) is 1.72. The molecule has 0 aliphatic heterocycles. The number of rotatable bonds is 5. The van der Waals surface area contributed by atoms with Gasteiger partial charge in [0.15, 0.2) is 0 Å². The third-order valence-electron chi connectivity index (χ3n) is 2.80. The van der Waals surface area contributed by atoms with Crippen molar-refractivity contribution in [3.63, 3.8) is 0 Å². The first kappa shape index (κ1) is 15.3. The molecule has 1 amide bonds. The van der Waals surface area contributed by atoms with Crippen LogP contribution in [0.2, 0.25) is 5.02 Å². The standard InChI is InChI=1S/C16H18ClN3O/c1-11(2)10-19-16(21)15-9-14(7-8-18-15)20-13-5-3-12(17)4-6-13/h3-9,11H,10H2,1-2H3,(H,18,20)(H,19,21). The van der Waals surface area contributed by atoms with Crippen molar-refractivity contribution in [2.75, 3.05) is 11.9 Å². The molecule has 0 aliphatic carbocycles. The van der Waals surface area contributed by atoms with Crippen LogP contribution in [0.4, 0.5) is 11.4 Å². The van der Waals surface area contributed by atoms with E-state index in [-0.39, 0.29) is 5.91 Å². The molecule has 2 aromatic rings. The topological polar surface area (TPSA) is 54.0 Å². The van der Waals surface area contributed by atoms with E-state index >= 15 is 0 Å². The van der Waals surface area contributed by atoms with Gasteiger partial charge in [0, 0.05) is 29.1 Å². The van der Waals surface area contributed by atoms with Crippen molar-refractivity contribution in [1.29, 1.82) is 0 Å². The second kappa shape index (κ2) is 7.09. The first-order valence-electron chi connectivity index (χ1n) is 6.81. The van der Waals surface area contributed by atoms with Crippen LogP contribution in [0.3, 0.4) is 0 Å². The largest absolute Gasteiger partial charge is 0.355 e. The average Bonchev–Trinajstić information content (AvgIpc) is 2.47. The smallest absolute Gasteiger partial charge is 0.269 e. The summed E-state index contributed by atoms with van der Waals surface area (Å²) in [5.41, 5.74) is 2.11. The summed E-state index contributed by atoms with van der Waals surface area (Å²) in [6, 6.07) is 10.9. The monoisotopic (exact) mass is 303 g/mol. The summed E-state index contributed by atoms with van der Waals surface area (Å²) < 4.78 is 0. The van der Waals surface area contributed by atoms with E-state index in [2.05, 4.69) is 15.6 Å². The Labute approximate surface area is 129 Å². The van der Waals surface area contributed by atoms with Crippen molar-refractivity contribution in [3.05, 3.63) is 53.3 Å². The van der Waals surface area contributed by atoms with Gasteiger partial charge in [0.2, 0.25) is 0 Å². The lowest BCUT2D eigenvalue weighted by Crippen LogP contribution is -2.28. The number of hydrogen-bond donors (Lipinski definition) is 2. The molecule has 0 unspecified atom stereocenters. The summed E-state index contributed by atoms with van der Waals surface area (Å²) in [6.45, 7) is 4.73. The zero-order chi connectivity index (χ0) is 15.2. The third kappa shape index (κ3) is 4.76. The van der Waals surface area contributed by atoms with Crippen LogP contribution in [0.1, 0.15) is 24.3 Å². The number of nitrogens with one attached hydrogen (secondary N) is 2. The number of benzene rings is 1. The summed E-state index contributed by atoms with van der Waals surface area (Å²) in [5, 5.41) is 6.75. The minimum Gasteiger partial charge on any atom is -0.355 e. The molecule has 0 saturated heterocycles. The van der Waals surface area contributed by atoms with Crippen LogP contribution in [0.25, 0.3) is 0 Å². The molecule has 1 aromatic carbocycles. The van der Waals surface area contributed by atoms with Gasteiger partial charge in [0.05, 0.1) is 0 Å². The van der Waals surface area contributed by atoms with E-state index < -0.39 is 0 Å². The molecule has 4 nitrogen and oxygen atoms in total. The lowest BCUT2D eigenvalue weighted by molar-refractivity contribution is 0.0944. The zero-order valence-electron chi connectivity index (χ0n) is 12.1. The number of pyridine rings is 1. The van der Waals surface area contributed by atoms with Gasteiger partial charge in [-0.3, -0.25) is 9.78 Å². The molecule has 1 heterocycles. The Morgan fingerprint density at radius 2 is 1.90 bits per heavy atom. The van der Waals surface area contributed by atoms with E-state index in [4.69, 9.17) is 11.6 Å². The van der Waals surface area contributed by atoms with Crippen molar-refractivity contribution >= 4 is 28.9 Å². The van der Waals surface area contributed by atoms with Gasteiger partial charge in [-0.25, -0.2) is 0 Å². The molecule has 0 atom stereocenters. The number of carbonyl (C=O) groups is 1. The fourth-order valence-corrected chi connectivity index (χ4v) is 1.85. The summed E-state index contributed by atoms with van der Waals surface area (Å²) in [5.74, 6) is 0.243. The maximum atomic E-state index is 12.0. The highest BCUT2D eigenvalue weighted by Gasteiger charge is 2.08. The highest BCUT2D eigenvalue weighted by Crippen LogP contribution is 2.19. The number of aromatic nitrogens is 1. The van der Waals surface area contributed by atoms with Crippen molar-refractivity contribution < 1.29 is 4.79 Å². The van der Waals surface area contributed by atoms with Crippen molar-refractivity contribution in [1.82, 2.24) is 10.3 Å². The summed E-state index contributed by atoms with van der Waals surface area (Å²) >= 11 is 5.85. The molecule has 21 heavy (non-hydrogen) atoms. The molecule has 0 spiro atoms. The predicted molar refractivity (Wildman–Crippen MR) is 86.1 cm³/mol. The van der Waals surface area contributed by atoms with E-state index in [1.807, 2.05) is 32.0 Å². The summed E-state index contributed by atoms with van der Waals surface area (Å²) in [7, 11) is 0. The number of carbonyl (C=O) groups excluding carboxylic acids is 1. The van der Waals surface area contributed by atoms with Gasteiger partial charge in [0.1, 0.15) is 5.69 Å². The van der Waals surface area contributed by atoms with Crippen LogP contribution in [-0.4, -0.2) is 17.4 Å². The number of nitrogens with zero attached hydrogens (tertiary/aromatic N) is 1. The Kier molecular flexibility index (Phi) is 5.17. The Hall–Kier alpha value is -2.07. The first-order valence-corrected chi connectivity index (χ1v) is 7.19. The minimum absolute atomic E-state index is 0.163. The van der Waals surface area contributed by atoms with Gasteiger partial charge in [-0.1, -0.05) is 25.4 Å². The average molecular weight is 304 g/mol. The van der Waals surface area contributed by atoms with Crippen molar-refractivity contribution in [2.45, 2.75) is 13.8 Å². The molecule has 0 bridgehead atoms. The van der Waals surface area contributed by atoms with Crippen LogP contribution >= 0.6 is 11.6 Å². The lowest BCUT2D eigenvalue weighted by atomic mass is 10.2. The Morgan fingerprint density at radius 3 is 2.57 bits per heavy atom. The second-order valence-electron chi connectivity index (χ2n) is 5.17. The minimum atomic E-state index is -0.163. The SMILES string of the molecule is CC(C)CNC(=O)c1cc(Nc2ccc(Cl)cc2)ccn1. The molecule has 2 rings (SSSR count). The Morgan fingerprint density at radius 1 is 1.19 bits per heavy atom. The second-order valence-corrected chi connectivity index (χ2v) is 5.60. The van der Waals surface area contributed by atoms with Gasteiger partial charge in [-0.15, -0.1) is 0 Å². The Balaban J connectivity index is 2.06. The van der Waals surface area contributed by atoms with Gasteiger partial charge >= 0.3 is 0 Å². The normalized spacial score (nSPS) is 10.5. The van der Waals surface area contributed by atoms with Crippen LogP contribution in [0, 0.1) is 5.92 Å². The highest BCUT2D eigenvalue weighted by molar-refractivity contribution is 6.30. The quantitative estimate of drug-likeness (QED) is 0.881. The number of halogens is 1. The van der Waals surface area contributed by atoms with E-state index in [1.54, 1.807) is 24.4 Å². The van der Waals surface area contributed by atoms with Crippen LogP contribution < -0.4 is 10.6 Å². The van der Waals surface area contributed by atoms with Crippen LogP contribution in [0.15, 0.2) is 42.6 Å². The predicted octanol–water partition coefficient (Wildman–Crippen LogP) is 3.86. The van der Waals surface area contributed by atoms with Gasteiger partial charge < -0.3 is 10.6 Å². The molecule has 0 aliphatic rings. The molecule has 2 N–H and O–H groups in total. The van der Waals surface area contributed by atoms with E-state index in [1.165, 1.54) is 0 Å². The van der Waals surface area contributed by atoms with Gasteiger partial charge in [0.25, 0.3) is 5.91 Å². The number of anilines is 2. The molecule has 0 saturated carbocycles. The van der Waals surface area contributed by atoms with Gasteiger partial charge in [-0.05, 0) is 42.3 Å². The molecule has 5 heteroatoms. The first-order chi connectivity index (χ1) is 10.0. The molecule has 0 radical (unpaired) electrons. The van der Waals surface area contributed by atoms with Crippen LogP contribution in [-0.2, 0) is 0 Å². The molecule has 110 valence electrons. The van der Waals surface area contributed by atoms with Crippen molar-refractivity contribution in [3.8, 4) is 0 Å². The van der Waals surface area contributed by atoms with Crippen molar-refractivity contribution in [2.24, 2.45) is 5.92 Å².